The van der Waals surface area contributed by atoms with E-state index in [1.807, 2.05) is 12.1 Å². The molecule has 2 aromatic rings. The molecule has 0 aliphatic carbocycles. The molecule has 0 bridgehead atoms. The zero-order valence-electron chi connectivity index (χ0n) is 7.64. The molecule has 0 fully saturated rings. The lowest BCUT2D eigenvalue weighted by Gasteiger charge is -2.01. The summed E-state index contributed by atoms with van der Waals surface area (Å²) in [5.41, 5.74) is 1.87. The average Bonchev–Trinajstić information content (AvgIpc) is 2.81. The maximum absolute atomic E-state index is 8.92. The number of hydrogen-bond acceptors (Lipinski definition) is 4. The van der Waals surface area contributed by atoms with Gasteiger partial charge in [-0.1, -0.05) is 6.07 Å². The van der Waals surface area contributed by atoms with Crippen molar-refractivity contribution in [3.63, 3.8) is 0 Å². The highest BCUT2D eigenvalue weighted by atomic mass is 16.3. The molecule has 0 unspecified atom stereocenters. The summed E-state index contributed by atoms with van der Waals surface area (Å²) in [6.07, 6.45) is 2.68. The molecule has 0 amide bonds. The molecule has 1 aromatic heterocycles. The molecule has 0 spiro atoms. The van der Waals surface area contributed by atoms with Crippen molar-refractivity contribution in [2.24, 2.45) is 0 Å². The molecule has 0 saturated carbocycles. The summed E-state index contributed by atoms with van der Waals surface area (Å²) in [6.45, 7) is 0. The van der Waals surface area contributed by atoms with Gasteiger partial charge in [-0.3, -0.25) is 0 Å². The van der Waals surface area contributed by atoms with Crippen LogP contribution in [0.25, 0.3) is 11.3 Å². The lowest BCUT2D eigenvalue weighted by molar-refractivity contribution is 0.558. The molecule has 0 aliphatic heterocycles. The Morgan fingerprint density at radius 3 is 2.27 bits per heavy atom. The molecule has 0 atom stereocenters. The van der Waals surface area contributed by atoms with Gasteiger partial charge < -0.3 is 4.42 Å². The van der Waals surface area contributed by atoms with Crippen molar-refractivity contribution in [2.75, 3.05) is 0 Å². The number of oxazole rings is 1. The fourth-order valence-electron chi connectivity index (χ4n) is 1.35. The molecule has 4 heteroatoms. The van der Waals surface area contributed by atoms with Crippen molar-refractivity contribution in [2.45, 2.75) is 0 Å². The van der Waals surface area contributed by atoms with Crippen LogP contribution in [-0.4, -0.2) is 4.98 Å². The molecular weight excluding hydrogens is 190 g/mol. The van der Waals surface area contributed by atoms with E-state index in [4.69, 9.17) is 14.9 Å². The zero-order valence-corrected chi connectivity index (χ0v) is 7.64. The Kier molecular flexibility index (Phi) is 2.19. The SMILES string of the molecule is N#Cc1cccc(C#N)c1-c1cocn1. The molecule has 0 N–H and O–H groups in total. The number of aromatic nitrogens is 1. The molecule has 15 heavy (non-hydrogen) atoms. The number of nitrogens with zero attached hydrogens (tertiary/aromatic N) is 3. The van der Waals surface area contributed by atoms with Gasteiger partial charge >= 0.3 is 0 Å². The van der Waals surface area contributed by atoms with Crippen LogP contribution in [-0.2, 0) is 0 Å². The molecule has 1 aromatic carbocycles. The molecule has 2 rings (SSSR count). The predicted octanol–water partition coefficient (Wildman–Crippen LogP) is 2.08. The van der Waals surface area contributed by atoms with Crippen molar-refractivity contribution >= 4 is 0 Å². The van der Waals surface area contributed by atoms with Gasteiger partial charge in [0.15, 0.2) is 6.39 Å². The van der Waals surface area contributed by atoms with E-state index in [0.29, 0.717) is 22.4 Å². The first kappa shape index (κ1) is 8.98. The van der Waals surface area contributed by atoms with Crippen LogP contribution in [0, 0.1) is 22.7 Å². The van der Waals surface area contributed by atoms with E-state index in [0.717, 1.165) is 0 Å². The second-order valence-corrected chi connectivity index (χ2v) is 2.83. The first-order valence-electron chi connectivity index (χ1n) is 4.18. The minimum atomic E-state index is 0.419. The molecule has 1 heterocycles. The predicted molar refractivity (Wildman–Crippen MR) is 51.4 cm³/mol. The average molecular weight is 195 g/mol. The van der Waals surface area contributed by atoms with Crippen LogP contribution in [0.2, 0.25) is 0 Å². The summed E-state index contributed by atoms with van der Waals surface area (Å²) in [4.78, 5) is 3.93. The lowest BCUT2D eigenvalue weighted by Crippen LogP contribution is -1.89. The van der Waals surface area contributed by atoms with Gasteiger partial charge in [-0.2, -0.15) is 10.5 Å². The highest BCUT2D eigenvalue weighted by Gasteiger charge is 2.12. The van der Waals surface area contributed by atoms with Crippen molar-refractivity contribution in [3.8, 4) is 23.4 Å². The highest BCUT2D eigenvalue weighted by Crippen LogP contribution is 2.25. The maximum atomic E-state index is 8.92. The second-order valence-electron chi connectivity index (χ2n) is 2.83. The molecular formula is C11H5N3O. The third-order valence-corrected chi connectivity index (χ3v) is 1.99. The topological polar surface area (TPSA) is 73.6 Å². The number of hydrogen-bond donors (Lipinski definition) is 0. The van der Waals surface area contributed by atoms with Gasteiger partial charge in [0, 0.05) is 5.56 Å². The van der Waals surface area contributed by atoms with Gasteiger partial charge in [0.05, 0.1) is 23.3 Å². The maximum Gasteiger partial charge on any atom is 0.181 e. The normalized spacial score (nSPS) is 9.20. The third-order valence-electron chi connectivity index (χ3n) is 1.99. The Bertz CT molecular complexity index is 526. The molecule has 4 nitrogen and oxygen atoms in total. The summed E-state index contributed by atoms with van der Waals surface area (Å²) in [5.74, 6) is 0. The van der Waals surface area contributed by atoms with Crippen LogP contribution in [0.15, 0.2) is 35.3 Å². The largest absolute Gasteiger partial charge is 0.451 e. The van der Waals surface area contributed by atoms with Gasteiger partial charge in [-0.25, -0.2) is 4.98 Å². The minimum absolute atomic E-state index is 0.419. The number of nitriles is 2. The van der Waals surface area contributed by atoms with Gasteiger partial charge in [-0.15, -0.1) is 0 Å². The smallest absolute Gasteiger partial charge is 0.181 e. The molecule has 0 radical (unpaired) electrons. The Balaban J connectivity index is 2.75. The Hall–Kier alpha value is -2.59. The van der Waals surface area contributed by atoms with Gasteiger partial charge in [0.25, 0.3) is 0 Å². The second kappa shape index (κ2) is 3.65. The Morgan fingerprint density at radius 1 is 1.13 bits per heavy atom. The standard InChI is InChI=1S/C11H5N3O/c12-4-8-2-1-3-9(5-13)11(8)10-6-15-7-14-10/h1-3,6-7H. The first-order chi connectivity index (χ1) is 7.36. The van der Waals surface area contributed by atoms with Crippen LogP contribution in [0.3, 0.4) is 0 Å². The fraction of sp³-hybridized carbons (Fsp3) is 0. The van der Waals surface area contributed by atoms with Crippen LogP contribution in [0.5, 0.6) is 0 Å². The number of rotatable bonds is 1. The van der Waals surface area contributed by atoms with E-state index >= 15 is 0 Å². The van der Waals surface area contributed by atoms with E-state index in [9.17, 15) is 0 Å². The van der Waals surface area contributed by atoms with E-state index in [2.05, 4.69) is 4.98 Å². The minimum Gasteiger partial charge on any atom is -0.451 e. The Labute approximate surface area is 86.0 Å². The van der Waals surface area contributed by atoms with Crippen LogP contribution in [0.1, 0.15) is 11.1 Å². The van der Waals surface area contributed by atoms with E-state index in [1.165, 1.54) is 12.7 Å². The summed E-state index contributed by atoms with van der Waals surface area (Å²) < 4.78 is 4.84. The Morgan fingerprint density at radius 2 is 1.80 bits per heavy atom. The van der Waals surface area contributed by atoms with E-state index in [1.54, 1.807) is 18.2 Å². The van der Waals surface area contributed by atoms with Crippen molar-refractivity contribution in [1.82, 2.24) is 4.98 Å². The van der Waals surface area contributed by atoms with Gasteiger partial charge in [-0.05, 0) is 12.1 Å². The summed E-state index contributed by atoms with van der Waals surface area (Å²) in [7, 11) is 0. The highest BCUT2D eigenvalue weighted by molar-refractivity contribution is 5.73. The lowest BCUT2D eigenvalue weighted by atomic mass is 10.0. The van der Waals surface area contributed by atoms with Gasteiger partial charge in [0.2, 0.25) is 0 Å². The zero-order chi connectivity index (χ0) is 10.7. The first-order valence-corrected chi connectivity index (χ1v) is 4.18. The van der Waals surface area contributed by atoms with Crippen molar-refractivity contribution in [1.29, 1.82) is 10.5 Å². The van der Waals surface area contributed by atoms with Crippen LogP contribution in [0.4, 0.5) is 0 Å². The summed E-state index contributed by atoms with van der Waals surface area (Å²) in [5, 5.41) is 17.8. The number of benzene rings is 1. The monoisotopic (exact) mass is 195 g/mol. The third kappa shape index (κ3) is 1.45. The van der Waals surface area contributed by atoms with Crippen molar-refractivity contribution < 1.29 is 4.42 Å². The molecule has 0 aliphatic rings. The van der Waals surface area contributed by atoms with Crippen molar-refractivity contribution in [3.05, 3.63) is 42.0 Å². The van der Waals surface area contributed by atoms with Gasteiger partial charge in [0.1, 0.15) is 12.0 Å². The van der Waals surface area contributed by atoms with E-state index < -0.39 is 0 Å². The molecule has 70 valence electrons. The fourth-order valence-corrected chi connectivity index (χ4v) is 1.35. The van der Waals surface area contributed by atoms with Crippen LogP contribution >= 0.6 is 0 Å². The van der Waals surface area contributed by atoms with Crippen LogP contribution < -0.4 is 0 Å². The molecule has 0 saturated heterocycles. The van der Waals surface area contributed by atoms with E-state index in [-0.39, 0.29) is 0 Å². The summed E-state index contributed by atoms with van der Waals surface area (Å²) >= 11 is 0. The quantitative estimate of drug-likeness (QED) is 0.698. The summed E-state index contributed by atoms with van der Waals surface area (Å²) in [6, 6.07) is 9.01.